The van der Waals surface area contributed by atoms with Crippen molar-refractivity contribution in [1.29, 1.82) is 0 Å². The van der Waals surface area contributed by atoms with Crippen molar-refractivity contribution in [2.24, 2.45) is 0 Å². The lowest BCUT2D eigenvalue weighted by Gasteiger charge is -2.43. The molecule has 1 N–H and O–H groups in total. The van der Waals surface area contributed by atoms with Crippen molar-refractivity contribution >= 4 is 5.91 Å². The number of amides is 1. The quantitative estimate of drug-likeness (QED) is 0.856. The lowest BCUT2D eigenvalue weighted by molar-refractivity contribution is 0.0503. The molecule has 2 heterocycles. The zero-order chi connectivity index (χ0) is 13.6. The third-order valence-electron chi connectivity index (χ3n) is 4.40. The van der Waals surface area contributed by atoms with Crippen molar-refractivity contribution in [1.82, 2.24) is 10.2 Å². The van der Waals surface area contributed by atoms with Gasteiger partial charge in [0.1, 0.15) is 5.66 Å². The highest BCUT2D eigenvalue weighted by Crippen LogP contribution is 2.38. The van der Waals surface area contributed by atoms with Crippen molar-refractivity contribution in [3.05, 3.63) is 71.3 Å². The molecule has 0 radical (unpaired) electrons. The van der Waals surface area contributed by atoms with E-state index in [4.69, 9.17) is 0 Å². The van der Waals surface area contributed by atoms with E-state index in [-0.39, 0.29) is 11.6 Å². The lowest BCUT2D eigenvalue weighted by Crippen LogP contribution is -2.55. The summed E-state index contributed by atoms with van der Waals surface area (Å²) in [7, 11) is 0. The van der Waals surface area contributed by atoms with Crippen molar-refractivity contribution in [3.8, 4) is 0 Å². The van der Waals surface area contributed by atoms with E-state index in [1.165, 1.54) is 5.56 Å². The topological polar surface area (TPSA) is 32.3 Å². The Hall–Kier alpha value is -2.13. The van der Waals surface area contributed by atoms with Crippen molar-refractivity contribution in [2.45, 2.75) is 12.1 Å². The second kappa shape index (κ2) is 4.18. The van der Waals surface area contributed by atoms with Crippen LogP contribution >= 0.6 is 0 Å². The molecule has 0 saturated carbocycles. The molecular formula is C17H16N2O. The van der Waals surface area contributed by atoms with Gasteiger partial charge < -0.3 is 4.90 Å². The van der Waals surface area contributed by atoms with Crippen molar-refractivity contribution < 1.29 is 4.79 Å². The van der Waals surface area contributed by atoms with Crippen LogP contribution in [-0.2, 0) is 12.1 Å². The van der Waals surface area contributed by atoms with Crippen LogP contribution in [-0.4, -0.2) is 23.9 Å². The first-order chi connectivity index (χ1) is 9.81. The summed E-state index contributed by atoms with van der Waals surface area (Å²) < 4.78 is 0. The van der Waals surface area contributed by atoms with E-state index < -0.39 is 0 Å². The van der Waals surface area contributed by atoms with Gasteiger partial charge in [-0.1, -0.05) is 48.5 Å². The number of carbonyl (C=O) groups is 1. The fraction of sp³-hybridized carbons (Fsp3) is 0.235. The predicted molar refractivity (Wildman–Crippen MR) is 77.3 cm³/mol. The molecule has 20 heavy (non-hydrogen) atoms. The van der Waals surface area contributed by atoms with Gasteiger partial charge in [-0.25, -0.2) is 0 Å². The highest BCUT2D eigenvalue weighted by Gasteiger charge is 2.48. The first-order valence-corrected chi connectivity index (χ1v) is 7.02. The summed E-state index contributed by atoms with van der Waals surface area (Å²) in [5, 5.41) is 3.56. The number of hydrogen-bond donors (Lipinski definition) is 1. The van der Waals surface area contributed by atoms with Crippen LogP contribution < -0.4 is 5.32 Å². The molecule has 1 saturated heterocycles. The normalized spacial score (nSPS) is 24.4. The van der Waals surface area contributed by atoms with Gasteiger partial charge in [0.25, 0.3) is 5.91 Å². The molecule has 3 nitrogen and oxygen atoms in total. The summed E-state index contributed by atoms with van der Waals surface area (Å²) in [6, 6.07) is 18.2. The van der Waals surface area contributed by atoms with Crippen LogP contribution in [0.3, 0.4) is 0 Å². The number of fused-ring (bicyclic) bond motifs is 2. The van der Waals surface area contributed by atoms with E-state index in [1.54, 1.807) is 0 Å². The highest BCUT2D eigenvalue weighted by molar-refractivity contribution is 5.97. The molecule has 2 aliphatic rings. The fourth-order valence-electron chi connectivity index (χ4n) is 3.47. The van der Waals surface area contributed by atoms with Gasteiger partial charge >= 0.3 is 0 Å². The van der Waals surface area contributed by atoms with E-state index in [0.717, 1.165) is 30.6 Å². The zero-order valence-corrected chi connectivity index (χ0v) is 11.2. The molecule has 0 bridgehead atoms. The van der Waals surface area contributed by atoms with E-state index in [0.29, 0.717) is 0 Å². The summed E-state index contributed by atoms with van der Waals surface area (Å²) >= 11 is 0. The van der Waals surface area contributed by atoms with Crippen LogP contribution in [0.25, 0.3) is 0 Å². The number of benzene rings is 2. The summed E-state index contributed by atoms with van der Waals surface area (Å²) in [6.07, 6.45) is 0.832. The molecule has 4 rings (SSSR count). The fourth-order valence-corrected chi connectivity index (χ4v) is 3.47. The Bertz CT molecular complexity index is 668. The number of carbonyl (C=O) groups excluding carboxylic acids is 1. The maximum absolute atomic E-state index is 12.8. The Morgan fingerprint density at radius 2 is 1.75 bits per heavy atom. The van der Waals surface area contributed by atoms with Gasteiger partial charge in [-0.15, -0.1) is 0 Å². The maximum atomic E-state index is 12.8. The van der Waals surface area contributed by atoms with Crippen LogP contribution in [0.5, 0.6) is 0 Å². The van der Waals surface area contributed by atoms with Crippen LogP contribution in [0.15, 0.2) is 54.6 Å². The SMILES string of the molecule is O=C1c2ccccc2CC2(c3ccccc3)NCCN12. The first-order valence-electron chi connectivity index (χ1n) is 7.02. The van der Waals surface area contributed by atoms with Gasteiger partial charge in [-0.05, 0) is 17.2 Å². The largest absolute Gasteiger partial charge is 0.315 e. The predicted octanol–water partition coefficient (Wildman–Crippen LogP) is 2.14. The van der Waals surface area contributed by atoms with Gasteiger partial charge in [-0.3, -0.25) is 10.1 Å². The molecule has 100 valence electrons. The summed E-state index contributed by atoms with van der Waals surface area (Å²) in [5.74, 6) is 0.140. The molecule has 1 unspecified atom stereocenters. The van der Waals surface area contributed by atoms with Gasteiger partial charge in [0.05, 0.1) is 0 Å². The third-order valence-corrected chi connectivity index (χ3v) is 4.40. The van der Waals surface area contributed by atoms with E-state index in [9.17, 15) is 4.79 Å². The van der Waals surface area contributed by atoms with Gasteiger partial charge in [0.15, 0.2) is 0 Å². The van der Waals surface area contributed by atoms with Crippen LogP contribution in [0, 0.1) is 0 Å². The molecule has 1 atom stereocenters. The van der Waals surface area contributed by atoms with Crippen molar-refractivity contribution in [3.63, 3.8) is 0 Å². The third kappa shape index (κ3) is 1.47. The molecule has 0 spiro atoms. The average Bonchev–Trinajstić information content (AvgIpc) is 2.94. The minimum absolute atomic E-state index is 0.140. The van der Waals surface area contributed by atoms with E-state index >= 15 is 0 Å². The second-order valence-corrected chi connectivity index (χ2v) is 5.44. The first kappa shape index (κ1) is 11.7. The molecule has 3 heteroatoms. The molecular weight excluding hydrogens is 248 g/mol. The minimum Gasteiger partial charge on any atom is -0.315 e. The molecule has 1 fully saturated rings. The standard InChI is InChI=1S/C17H16N2O/c20-16-15-9-5-4-6-13(15)12-17(18-10-11-19(16)17)14-7-2-1-3-8-14/h1-9,18H,10-12H2. The second-order valence-electron chi connectivity index (χ2n) is 5.44. The Morgan fingerprint density at radius 3 is 2.60 bits per heavy atom. The minimum atomic E-state index is -0.368. The van der Waals surface area contributed by atoms with Gasteiger partial charge in [0, 0.05) is 25.1 Å². The highest BCUT2D eigenvalue weighted by atomic mass is 16.2. The van der Waals surface area contributed by atoms with Crippen molar-refractivity contribution in [2.75, 3.05) is 13.1 Å². The number of nitrogens with one attached hydrogen (secondary N) is 1. The molecule has 0 aromatic heterocycles. The van der Waals surface area contributed by atoms with E-state index in [2.05, 4.69) is 23.5 Å². The Balaban J connectivity index is 1.90. The molecule has 0 aliphatic carbocycles. The summed E-state index contributed by atoms with van der Waals surface area (Å²) in [6.45, 7) is 1.61. The zero-order valence-electron chi connectivity index (χ0n) is 11.2. The average molecular weight is 264 g/mol. The van der Waals surface area contributed by atoms with Crippen LogP contribution in [0.2, 0.25) is 0 Å². The molecule has 2 aromatic carbocycles. The van der Waals surface area contributed by atoms with Gasteiger partial charge in [0.2, 0.25) is 0 Å². The smallest absolute Gasteiger partial charge is 0.255 e. The molecule has 1 amide bonds. The summed E-state index contributed by atoms with van der Waals surface area (Å²) in [5.41, 5.74) is 2.78. The van der Waals surface area contributed by atoms with E-state index in [1.807, 2.05) is 41.3 Å². The van der Waals surface area contributed by atoms with Crippen LogP contribution in [0.1, 0.15) is 21.5 Å². The molecule has 2 aromatic rings. The van der Waals surface area contributed by atoms with Crippen LogP contribution in [0.4, 0.5) is 0 Å². The monoisotopic (exact) mass is 264 g/mol. The van der Waals surface area contributed by atoms with Gasteiger partial charge in [-0.2, -0.15) is 0 Å². The maximum Gasteiger partial charge on any atom is 0.255 e. The Kier molecular flexibility index (Phi) is 2.44. The number of nitrogens with zero attached hydrogens (tertiary/aromatic N) is 1. The lowest BCUT2D eigenvalue weighted by atomic mass is 9.85. The number of hydrogen-bond acceptors (Lipinski definition) is 2. The Morgan fingerprint density at radius 1 is 1.00 bits per heavy atom. The summed E-state index contributed by atoms with van der Waals surface area (Å²) in [4.78, 5) is 14.8. The number of rotatable bonds is 1. The molecule has 2 aliphatic heterocycles. The Labute approximate surface area is 118 Å².